The molecule has 1 aromatic rings. The Morgan fingerprint density at radius 1 is 1.26 bits per heavy atom. The summed E-state index contributed by atoms with van der Waals surface area (Å²) in [4.78, 5) is 0. The summed E-state index contributed by atoms with van der Waals surface area (Å²) in [5, 5.41) is 3.30. The highest BCUT2D eigenvalue weighted by Crippen LogP contribution is 2.28. The van der Waals surface area contributed by atoms with E-state index in [2.05, 4.69) is 10.0 Å². The van der Waals surface area contributed by atoms with Crippen molar-refractivity contribution in [1.29, 1.82) is 0 Å². The predicted octanol–water partition coefficient (Wildman–Crippen LogP) is 1.13. The summed E-state index contributed by atoms with van der Waals surface area (Å²) in [5.41, 5.74) is 0.588. The Labute approximate surface area is 138 Å². The fraction of sp³-hybridized carbons (Fsp3) is 0.625. The van der Waals surface area contributed by atoms with Gasteiger partial charge in [0.15, 0.2) is 0 Å². The first kappa shape index (κ1) is 18.2. The fourth-order valence-electron chi connectivity index (χ4n) is 2.93. The average Bonchev–Trinajstić information content (AvgIpc) is 2.54. The standard InChI is InChI=1S/C16H26N2O4S/c1-21-13-16(6-8-17-9-7-16)12-18-23(19,20)11-14-4-3-5-15(10-14)22-2/h3-5,10,17-18H,6-9,11-13H2,1-2H3. The van der Waals surface area contributed by atoms with Crippen molar-refractivity contribution in [2.24, 2.45) is 5.41 Å². The van der Waals surface area contributed by atoms with Crippen molar-refractivity contribution in [3.63, 3.8) is 0 Å². The van der Waals surface area contributed by atoms with Gasteiger partial charge < -0.3 is 14.8 Å². The topological polar surface area (TPSA) is 76.7 Å². The molecule has 0 spiro atoms. The number of nitrogens with one attached hydrogen (secondary N) is 2. The van der Waals surface area contributed by atoms with E-state index in [9.17, 15) is 8.42 Å². The lowest BCUT2D eigenvalue weighted by Gasteiger charge is -2.37. The van der Waals surface area contributed by atoms with E-state index in [4.69, 9.17) is 9.47 Å². The van der Waals surface area contributed by atoms with Crippen LogP contribution in [0.2, 0.25) is 0 Å². The van der Waals surface area contributed by atoms with Crippen LogP contribution in [-0.4, -0.2) is 48.9 Å². The molecule has 1 heterocycles. The van der Waals surface area contributed by atoms with Gasteiger partial charge in [0.1, 0.15) is 5.75 Å². The van der Waals surface area contributed by atoms with Crippen LogP contribution >= 0.6 is 0 Å². The van der Waals surface area contributed by atoms with Crippen LogP contribution in [0.1, 0.15) is 18.4 Å². The van der Waals surface area contributed by atoms with Gasteiger partial charge in [0.05, 0.1) is 19.5 Å². The Kier molecular flexibility index (Phi) is 6.41. The number of hydrogen-bond acceptors (Lipinski definition) is 5. The lowest BCUT2D eigenvalue weighted by atomic mass is 9.80. The zero-order valence-electron chi connectivity index (χ0n) is 13.8. The van der Waals surface area contributed by atoms with Crippen LogP contribution in [0.5, 0.6) is 5.75 Å². The normalized spacial score (nSPS) is 17.8. The van der Waals surface area contributed by atoms with Gasteiger partial charge in [-0.15, -0.1) is 0 Å². The van der Waals surface area contributed by atoms with Crippen molar-refractivity contribution in [2.75, 3.05) is 40.5 Å². The van der Waals surface area contributed by atoms with Crippen molar-refractivity contribution < 1.29 is 17.9 Å². The van der Waals surface area contributed by atoms with Gasteiger partial charge in [0.2, 0.25) is 10.0 Å². The molecular weight excluding hydrogens is 316 g/mol. The predicted molar refractivity (Wildman–Crippen MR) is 90.0 cm³/mol. The first-order valence-electron chi connectivity index (χ1n) is 7.79. The quantitative estimate of drug-likeness (QED) is 0.741. The number of rotatable bonds is 8. The van der Waals surface area contributed by atoms with Crippen LogP contribution < -0.4 is 14.8 Å². The molecule has 7 heteroatoms. The minimum atomic E-state index is -3.40. The molecule has 1 aromatic carbocycles. The van der Waals surface area contributed by atoms with E-state index in [1.165, 1.54) is 0 Å². The minimum absolute atomic E-state index is 0.0501. The molecule has 130 valence electrons. The molecule has 0 saturated carbocycles. The molecule has 0 amide bonds. The Morgan fingerprint density at radius 3 is 2.65 bits per heavy atom. The molecule has 1 aliphatic heterocycles. The van der Waals surface area contributed by atoms with E-state index in [-0.39, 0.29) is 11.2 Å². The third-order valence-electron chi connectivity index (χ3n) is 4.27. The highest BCUT2D eigenvalue weighted by Gasteiger charge is 2.33. The van der Waals surface area contributed by atoms with Crippen LogP contribution in [0, 0.1) is 5.41 Å². The van der Waals surface area contributed by atoms with E-state index >= 15 is 0 Å². The third-order valence-corrected chi connectivity index (χ3v) is 5.57. The van der Waals surface area contributed by atoms with Crippen LogP contribution in [0.15, 0.2) is 24.3 Å². The number of benzene rings is 1. The van der Waals surface area contributed by atoms with Gasteiger partial charge >= 0.3 is 0 Å². The number of sulfonamides is 1. The maximum atomic E-state index is 12.4. The summed E-state index contributed by atoms with van der Waals surface area (Å²) >= 11 is 0. The van der Waals surface area contributed by atoms with E-state index in [1.807, 2.05) is 0 Å². The molecule has 0 unspecified atom stereocenters. The van der Waals surface area contributed by atoms with Crippen LogP contribution in [0.25, 0.3) is 0 Å². The molecule has 0 bridgehead atoms. The van der Waals surface area contributed by atoms with Crippen molar-refractivity contribution in [3.05, 3.63) is 29.8 Å². The molecule has 0 aliphatic carbocycles. The number of piperidine rings is 1. The van der Waals surface area contributed by atoms with Gasteiger partial charge in [-0.25, -0.2) is 13.1 Å². The van der Waals surface area contributed by atoms with E-state index in [1.54, 1.807) is 38.5 Å². The third kappa shape index (κ3) is 5.46. The largest absolute Gasteiger partial charge is 0.497 e. The second-order valence-corrected chi connectivity index (χ2v) is 7.92. The Balaban J connectivity index is 1.99. The second-order valence-electron chi connectivity index (χ2n) is 6.11. The molecule has 0 aromatic heterocycles. The maximum absolute atomic E-state index is 12.4. The number of ether oxygens (including phenoxy) is 2. The molecule has 0 atom stereocenters. The maximum Gasteiger partial charge on any atom is 0.215 e. The summed E-state index contributed by atoms with van der Waals surface area (Å²) in [6, 6.07) is 7.13. The minimum Gasteiger partial charge on any atom is -0.497 e. The molecule has 1 aliphatic rings. The Bertz CT molecular complexity index is 592. The van der Waals surface area contributed by atoms with Gasteiger partial charge in [-0.05, 0) is 43.6 Å². The lowest BCUT2D eigenvalue weighted by molar-refractivity contribution is 0.0577. The highest BCUT2D eigenvalue weighted by atomic mass is 32.2. The van der Waals surface area contributed by atoms with Crippen molar-refractivity contribution in [3.8, 4) is 5.75 Å². The molecule has 0 radical (unpaired) electrons. The molecule has 6 nitrogen and oxygen atoms in total. The first-order valence-corrected chi connectivity index (χ1v) is 9.44. The van der Waals surface area contributed by atoms with Crippen LogP contribution in [-0.2, 0) is 20.5 Å². The van der Waals surface area contributed by atoms with Crippen molar-refractivity contribution >= 4 is 10.0 Å². The van der Waals surface area contributed by atoms with Gasteiger partial charge in [0.25, 0.3) is 0 Å². The summed E-state index contributed by atoms with van der Waals surface area (Å²) in [7, 11) is -0.169. The molecule has 1 fully saturated rings. The molecular formula is C16H26N2O4S. The van der Waals surface area contributed by atoms with Crippen molar-refractivity contribution in [1.82, 2.24) is 10.0 Å². The van der Waals surface area contributed by atoms with Gasteiger partial charge in [-0.1, -0.05) is 12.1 Å². The average molecular weight is 342 g/mol. The van der Waals surface area contributed by atoms with Gasteiger partial charge in [0, 0.05) is 19.1 Å². The smallest absolute Gasteiger partial charge is 0.215 e. The lowest BCUT2D eigenvalue weighted by Crippen LogP contribution is -2.47. The number of hydrogen-bond donors (Lipinski definition) is 2. The molecule has 2 rings (SSSR count). The summed E-state index contributed by atoms with van der Waals surface area (Å²) in [6.07, 6.45) is 1.81. The van der Waals surface area contributed by atoms with E-state index in [0.717, 1.165) is 25.9 Å². The Morgan fingerprint density at radius 2 is 2.00 bits per heavy atom. The van der Waals surface area contributed by atoms with E-state index < -0.39 is 10.0 Å². The zero-order valence-corrected chi connectivity index (χ0v) is 14.6. The van der Waals surface area contributed by atoms with Crippen LogP contribution in [0.4, 0.5) is 0 Å². The zero-order chi connectivity index (χ0) is 16.8. The van der Waals surface area contributed by atoms with Crippen LogP contribution in [0.3, 0.4) is 0 Å². The van der Waals surface area contributed by atoms with Gasteiger partial charge in [-0.3, -0.25) is 0 Å². The van der Waals surface area contributed by atoms with Gasteiger partial charge in [-0.2, -0.15) is 0 Å². The van der Waals surface area contributed by atoms with E-state index in [0.29, 0.717) is 24.5 Å². The molecule has 1 saturated heterocycles. The molecule has 23 heavy (non-hydrogen) atoms. The fourth-order valence-corrected chi connectivity index (χ4v) is 4.18. The first-order chi connectivity index (χ1) is 11.0. The van der Waals surface area contributed by atoms with Crippen molar-refractivity contribution in [2.45, 2.75) is 18.6 Å². The second kappa shape index (κ2) is 8.10. The summed E-state index contributed by atoms with van der Waals surface area (Å²) in [6.45, 7) is 2.76. The summed E-state index contributed by atoms with van der Waals surface area (Å²) in [5.74, 6) is 0.609. The Hall–Kier alpha value is -1.15. The molecule has 2 N–H and O–H groups in total. The number of methoxy groups -OCH3 is 2. The monoisotopic (exact) mass is 342 g/mol. The SMILES string of the molecule is COCC1(CNS(=O)(=O)Cc2cccc(OC)c2)CCNCC1. The summed E-state index contributed by atoms with van der Waals surface area (Å²) < 4.78 is 38.0. The highest BCUT2D eigenvalue weighted by molar-refractivity contribution is 7.88.